The summed E-state index contributed by atoms with van der Waals surface area (Å²) >= 11 is 6.46. The van der Waals surface area contributed by atoms with E-state index in [0.717, 1.165) is 0 Å². The first-order valence-electron chi connectivity index (χ1n) is 3.58. The Balaban J connectivity index is 3.27. The molecule has 0 spiro atoms. The molecular formula is C8H6ClNO3S. The third-order valence-electron chi connectivity index (χ3n) is 1.60. The van der Waals surface area contributed by atoms with Crippen LogP contribution in [0.15, 0.2) is 23.1 Å². The molecule has 1 rings (SSSR count). The smallest absolute Gasteiger partial charge is 0.276 e. The van der Waals surface area contributed by atoms with Gasteiger partial charge in [0.2, 0.25) is 0 Å². The van der Waals surface area contributed by atoms with E-state index in [1.165, 1.54) is 30.0 Å². The summed E-state index contributed by atoms with van der Waals surface area (Å²) in [6.45, 7) is 0. The second kappa shape index (κ2) is 4.43. The molecule has 1 aromatic carbocycles. The van der Waals surface area contributed by atoms with Gasteiger partial charge >= 0.3 is 0 Å². The topological polar surface area (TPSA) is 60.2 Å². The fourth-order valence-corrected chi connectivity index (χ4v) is 1.62. The van der Waals surface area contributed by atoms with Gasteiger partial charge in [-0.05, 0) is 30.0 Å². The highest BCUT2D eigenvalue weighted by Crippen LogP contribution is 2.28. The summed E-state index contributed by atoms with van der Waals surface area (Å²) in [6.07, 6.45) is 1.73. The van der Waals surface area contributed by atoms with E-state index >= 15 is 0 Å². The van der Waals surface area contributed by atoms with E-state index in [2.05, 4.69) is 0 Å². The molecule has 1 aromatic rings. The molecule has 0 heterocycles. The predicted octanol–water partition coefficient (Wildman–Crippen LogP) is 2.70. The minimum Gasteiger partial charge on any atom is -0.276 e. The van der Waals surface area contributed by atoms with E-state index in [1.807, 2.05) is 0 Å². The summed E-state index contributed by atoms with van der Waals surface area (Å²) in [5.74, 6) is 0. The van der Waals surface area contributed by atoms with Gasteiger partial charge < -0.3 is 0 Å². The lowest BCUT2D eigenvalue weighted by atomic mass is 10.2. The van der Waals surface area contributed by atoms with Gasteiger partial charge in [0.05, 0.1) is 9.82 Å². The minimum atomic E-state index is -0.694. The third-order valence-corrected chi connectivity index (χ3v) is 2.61. The van der Waals surface area contributed by atoms with Crippen LogP contribution in [0.4, 0.5) is 5.69 Å². The lowest BCUT2D eigenvalue weighted by Gasteiger charge is -1.99. The Labute approximate surface area is 89.4 Å². The molecule has 0 atom stereocenters. The van der Waals surface area contributed by atoms with Crippen molar-refractivity contribution >= 4 is 34.3 Å². The van der Waals surface area contributed by atoms with E-state index < -0.39 is 10.2 Å². The fourth-order valence-electron chi connectivity index (χ4n) is 0.955. The highest BCUT2D eigenvalue weighted by molar-refractivity contribution is 7.98. The van der Waals surface area contributed by atoms with Gasteiger partial charge in [-0.15, -0.1) is 11.8 Å². The van der Waals surface area contributed by atoms with Crippen molar-refractivity contribution in [2.24, 2.45) is 0 Å². The average molecular weight is 232 g/mol. The minimum absolute atomic E-state index is 0.0935. The maximum atomic E-state index is 10.8. The van der Waals surface area contributed by atoms with Crippen molar-refractivity contribution in [3.63, 3.8) is 0 Å². The van der Waals surface area contributed by atoms with Gasteiger partial charge in [0.25, 0.3) is 10.9 Å². The van der Waals surface area contributed by atoms with Crippen molar-refractivity contribution < 1.29 is 9.72 Å². The summed E-state index contributed by atoms with van der Waals surface area (Å²) in [6, 6.07) is 4.16. The molecule has 4 nitrogen and oxygen atoms in total. The third kappa shape index (κ3) is 2.24. The summed E-state index contributed by atoms with van der Waals surface area (Å²) in [7, 11) is 0. The molecular weight excluding hydrogens is 226 g/mol. The molecule has 0 fully saturated rings. The molecule has 6 heteroatoms. The van der Waals surface area contributed by atoms with E-state index in [9.17, 15) is 14.9 Å². The quantitative estimate of drug-likeness (QED) is 0.347. The number of halogens is 1. The van der Waals surface area contributed by atoms with Gasteiger partial charge in [-0.25, -0.2) is 0 Å². The van der Waals surface area contributed by atoms with Crippen molar-refractivity contribution in [1.82, 2.24) is 0 Å². The van der Waals surface area contributed by atoms with E-state index in [0.29, 0.717) is 4.90 Å². The number of hydrogen-bond acceptors (Lipinski definition) is 4. The Hall–Kier alpha value is -1.07. The Morgan fingerprint density at radius 2 is 2.21 bits per heavy atom. The first-order valence-corrected chi connectivity index (χ1v) is 5.18. The van der Waals surface area contributed by atoms with Gasteiger partial charge in [0.1, 0.15) is 0 Å². The SMILES string of the molecule is CSc1ccc(C(=O)Cl)cc1[N+](=O)[O-]. The van der Waals surface area contributed by atoms with E-state index in [-0.39, 0.29) is 11.3 Å². The van der Waals surface area contributed by atoms with Crippen LogP contribution in [0.3, 0.4) is 0 Å². The molecule has 0 amide bonds. The van der Waals surface area contributed by atoms with Crippen LogP contribution in [0, 0.1) is 10.1 Å². The van der Waals surface area contributed by atoms with Crippen LogP contribution in [-0.2, 0) is 0 Å². The zero-order valence-corrected chi connectivity index (χ0v) is 8.76. The molecule has 0 aromatic heterocycles. The summed E-state index contributed by atoms with van der Waals surface area (Å²) in [5, 5.41) is 9.90. The Bertz CT molecular complexity index is 394. The Morgan fingerprint density at radius 3 is 2.64 bits per heavy atom. The van der Waals surface area contributed by atoms with Gasteiger partial charge in [0.15, 0.2) is 0 Å². The predicted molar refractivity (Wildman–Crippen MR) is 55.1 cm³/mol. The van der Waals surface area contributed by atoms with Crippen LogP contribution in [0.1, 0.15) is 10.4 Å². The second-order valence-corrected chi connectivity index (χ2v) is 3.61. The average Bonchev–Trinajstić information content (AvgIpc) is 2.16. The molecule has 0 saturated carbocycles. The molecule has 0 saturated heterocycles. The number of nitro benzene ring substituents is 1. The zero-order chi connectivity index (χ0) is 10.7. The Morgan fingerprint density at radius 1 is 1.57 bits per heavy atom. The Kier molecular flexibility index (Phi) is 3.49. The number of carbonyl (C=O) groups excluding carboxylic acids is 1. The van der Waals surface area contributed by atoms with Crippen LogP contribution in [0.25, 0.3) is 0 Å². The van der Waals surface area contributed by atoms with E-state index in [4.69, 9.17) is 11.6 Å². The normalized spacial score (nSPS) is 9.86. The molecule has 0 N–H and O–H groups in total. The number of nitro groups is 1. The molecule has 0 aliphatic carbocycles. The van der Waals surface area contributed by atoms with Crippen molar-refractivity contribution in [2.45, 2.75) is 4.90 Å². The highest BCUT2D eigenvalue weighted by Gasteiger charge is 2.15. The monoisotopic (exact) mass is 231 g/mol. The van der Waals surface area contributed by atoms with Gasteiger partial charge in [-0.2, -0.15) is 0 Å². The van der Waals surface area contributed by atoms with Crippen LogP contribution < -0.4 is 0 Å². The number of benzene rings is 1. The van der Waals surface area contributed by atoms with Crippen molar-refractivity contribution in [3.05, 3.63) is 33.9 Å². The first-order chi connectivity index (χ1) is 6.56. The fraction of sp³-hybridized carbons (Fsp3) is 0.125. The molecule has 0 aliphatic rings. The summed E-state index contributed by atoms with van der Waals surface area (Å²) < 4.78 is 0. The second-order valence-electron chi connectivity index (χ2n) is 2.42. The zero-order valence-electron chi connectivity index (χ0n) is 7.19. The number of thioether (sulfide) groups is 1. The van der Waals surface area contributed by atoms with Crippen LogP contribution in [0.5, 0.6) is 0 Å². The number of carbonyl (C=O) groups is 1. The van der Waals surface area contributed by atoms with Crippen molar-refractivity contribution in [3.8, 4) is 0 Å². The number of hydrogen-bond donors (Lipinski definition) is 0. The number of rotatable bonds is 3. The maximum absolute atomic E-state index is 10.8. The van der Waals surface area contributed by atoms with Gasteiger partial charge in [-0.1, -0.05) is 0 Å². The molecule has 0 aliphatic heterocycles. The van der Waals surface area contributed by atoms with Crippen molar-refractivity contribution in [2.75, 3.05) is 6.26 Å². The van der Waals surface area contributed by atoms with E-state index in [1.54, 1.807) is 6.26 Å². The highest BCUT2D eigenvalue weighted by atomic mass is 35.5. The summed E-state index contributed by atoms with van der Waals surface area (Å²) in [5.41, 5.74) is 0.0418. The maximum Gasteiger partial charge on any atom is 0.283 e. The lowest BCUT2D eigenvalue weighted by Crippen LogP contribution is -1.95. The summed E-state index contributed by atoms with van der Waals surface area (Å²) in [4.78, 5) is 21.3. The molecule has 0 unspecified atom stereocenters. The lowest BCUT2D eigenvalue weighted by molar-refractivity contribution is -0.387. The van der Waals surface area contributed by atoms with Crippen LogP contribution in [-0.4, -0.2) is 16.4 Å². The van der Waals surface area contributed by atoms with Crippen LogP contribution >= 0.6 is 23.4 Å². The first kappa shape index (κ1) is 11.0. The van der Waals surface area contributed by atoms with Gasteiger partial charge in [0, 0.05) is 11.6 Å². The van der Waals surface area contributed by atoms with Gasteiger partial charge in [-0.3, -0.25) is 14.9 Å². The van der Waals surface area contributed by atoms with Crippen LogP contribution in [0.2, 0.25) is 0 Å². The largest absolute Gasteiger partial charge is 0.283 e. The molecule has 0 bridgehead atoms. The molecule has 0 radical (unpaired) electrons. The standard InChI is InChI=1S/C8H6ClNO3S/c1-14-7-3-2-5(8(9)11)4-6(7)10(12)13/h2-4H,1H3. The number of nitrogens with zero attached hydrogens (tertiary/aromatic N) is 1. The molecule has 74 valence electrons. The molecule has 14 heavy (non-hydrogen) atoms. The van der Waals surface area contributed by atoms with Crippen molar-refractivity contribution in [1.29, 1.82) is 0 Å².